The third kappa shape index (κ3) is 15.7. The maximum absolute atomic E-state index is 13.0. The number of amides is 8. The predicted octanol–water partition coefficient (Wildman–Crippen LogP) is 1.75. The lowest BCUT2D eigenvalue weighted by atomic mass is 10.0. The largest absolute Gasteiger partial charge is 0.465 e. The number of carbonyl (C=O) groups excluding carboxylic acids is 7. The number of fused-ring (bicyclic) bond motifs is 2. The highest BCUT2D eigenvalue weighted by Crippen LogP contribution is 2.34. The van der Waals surface area contributed by atoms with Crippen molar-refractivity contribution in [3.05, 3.63) is 35.4 Å². The molecule has 4 fully saturated rings. The standard InChI is InChI=1S/C41H63N9O8S2/c1-58-39(55)28-16-14-27(15-17-28)22-50(23-35(53)44-20-8-6-18-42-33(51)12-4-2-10-31-37-29(25-59-31)46-40(56)48-37)24-36(54)45-21-9-7-19-43-34(52)13-5-3-11-32-38-30(26-60-32)47-41(57)49-38/h14-17,29-32,37-38H,2-13,18-26H2,1H3,(H,42,51)(H,43,52)(H,44,53)(H,45,54)(H2,46,48,56)(H2,47,49,57)/t29-,30-,31-,32-,37-,38-/m0/s1. The van der Waals surface area contributed by atoms with Crippen molar-refractivity contribution in [2.24, 2.45) is 0 Å². The molecule has 60 heavy (non-hydrogen) atoms. The normalized spacial score (nSPS) is 22.5. The first-order valence-electron chi connectivity index (χ1n) is 21.4. The lowest BCUT2D eigenvalue weighted by Crippen LogP contribution is -2.43. The fourth-order valence-electron chi connectivity index (χ4n) is 7.94. The molecule has 4 heterocycles. The van der Waals surface area contributed by atoms with Gasteiger partial charge in [-0.15, -0.1) is 0 Å². The summed E-state index contributed by atoms with van der Waals surface area (Å²) in [4.78, 5) is 87.4. The van der Waals surface area contributed by atoms with Crippen molar-refractivity contribution in [1.29, 1.82) is 0 Å². The summed E-state index contributed by atoms with van der Waals surface area (Å²) in [5.74, 6) is 0.992. The number of nitrogens with one attached hydrogen (secondary N) is 8. The lowest BCUT2D eigenvalue weighted by molar-refractivity contribution is -0.126. The van der Waals surface area contributed by atoms with E-state index in [4.69, 9.17) is 4.74 Å². The first-order valence-corrected chi connectivity index (χ1v) is 23.5. The highest BCUT2D eigenvalue weighted by molar-refractivity contribution is 8.00. The van der Waals surface area contributed by atoms with Crippen molar-refractivity contribution in [2.45, 2.75) is 118 Å². The van der Waals surface area contributed by atoms with Crippen molar-refractivity contribution in [3.8, 4) is 0 Å². The number of unbranched alkanes of at least 4 members (excludes halogenated alkanes) is 4. The smallest absolute Gasteiger partial charge is 0.337 e. The van der Waals surface area contributed by atoms with Crippen LogP contribution in [0.15, 0.2) is 24.3 Å². The molecular weight excluding hydrogens is 811 g/mol. The minimum absolute atomic E-state index is 0.00699. The molecule has 8 N–H and O–H groups in total. The van der Waals surface area contributed by atoms with E-state index in [1.165, 1.54) is 7.11 Å². The molecule has 1 aromatic carbocycles. The van der Waals surface area contributed by atoms with E-state index in [-0.39, 0.29) is 72.9 Å². The van der Waals surface area contributed by atoms with Gasteiger partial charge >= 0.3 is 18.0 Å². The molecule has 0 unspecified atom stereocenters. The summed E-state index contributed by atoms with van der Waals surface area (Å²) in [5.41, 5.74) is 1.23. The van der Waals surface area contributed by atoms with Crippen LogP contribution in [0.25, 0.3) is 0 Å². The maximum Gasteiger partial charge on any atom is 0.337 e. The zero-order valence-electron chi connectivity index (χ0n) is 34.7. The molecule has 0 spiro atoms. The number of hydrogen-bond donors (Lipinski definition) is 8. The highest BCUT2D eigenvalue weighted by Gasteiger charge is 2.43. The van der Waals surface area contributed by atoms with Crippen molar-refractivity contribution in [1.82, 2.24) is 47.4 Å². The van der Waals surface area contributed by atoms with Crippen LogP contribution < -0.4 is 42.5 Å². The minimum atomic E-state index is -0.449. The molecular formula is C41H63N9O8S2. The van der Waals surface area contributed by atoms with Crippen molar-refractivity contribution in [3.63, 3.8) is 0 Å². The van der Waals surface area contributed by atoms with E-state index < -0.39 is 5.97 Å². The van der Waals surface area contributed by atoms with E-state index in [0.717, 1.165) is 55.6 Å². The third-order valence-electron chi connectivity index (χ3n) is 11.2. The fraction of sp³-hybridized carbons (Fsp3) is 0.683. The summed E-state index contributed by atoms with van der Waals surface area (Å²) in [7, 11) is 1.32. The van der Waals surface area contributed by atoms with Gasteiger partial charge in [-0.05, 0) is 69.1 Å². The molecule has 0 aliphatic carbocycles. The summed E-state index contributed by atoms with van der Waals surface area (Å²) in [5, 5.41) is 24.4. The van der Waals surface area contributed by atoms with Gasteiger partial charge in [-0.25, -0.2) is 14.4 Å². The van der Waals surface area contributed by atoms with Crippen LogP contribution in [0, 0.1) is 0 Å². The molecule has 19 heteroatoms. The Morgan fingerprint density at radius 2 is 1.05 bits per heavy atom. The topological polar surface area (TPSA) is 228 Å². The average Bonchev–Trinajstić information content (AvgIpc) is 3.99. The number of ether oxygens (including phenoxy) is 1. The molecule has 0 radical (unpaired) electrons. The number of rotatable bonds is 27. The Labute approximate surface area is 361 Å². The first kappa shape index (κ1) is 46.8. The Bertz CT molecular complexity index is 1540. The molecule has 4 aliphatic rings. The van der Waals surface area contributed by atoms with E-state index in [9.17, 15) is 33.6 Å². The van der Waals surface area contributed by atoms with Gasteiger partial charge in [-0.1, -0.05) is 25.0 Å². The molecule has 17 nitrogen and oxygen atoms in total. The number of thioether (sulfide) groups is 2. The molecule has 0 aromatic heterocycles. The molecule has 1 aromatic rings. The molecule has 8 amide bonds. The Hall–Kier alpha value is -4.23. The van der Waals surface area contributed by atoms with Gasteiger partial charge in [0.2, 0.25) is 23.6 Å². The summed E-state index contributed by atoms with van der Waals surface area (Å²) in [6.07, 6.45) is 9.12. The second-order valence-corrected chi connectivity index (χ2v) is 18.4. The quantitative estimate of drug-likeness (QED) is 0.0361. The molecule has 4 saturated heterocycles. The minimum Gasteiger partial charge on any atom is -0.465 e. The Morgan fingerprint density at radius 1 is 0.617 bits per heavy atom. The second-order valence-electron chi connectivity index (χ2n) is 15.9. The zero-order valence-corrected chi connectivity index (χ0v) is 36.3. The Kier molecular flexibility index (Phi) is 19.4. The highest BCUT2D eigenvalue weighted by atomic mass is 32.2. The average molecular weight is 874 g/mol. The zero-order chi connectivity index (χ0) is 42.7. The Balaban J connectivity index is 0.910. The number of carbonyl (C=O) groups is 7. The van der Waals surface area contributed by atoms with Crippen LogP contribution in [-0.2, 0) is 30.5 Å². The van der Waals surface area contributed by atoms with Gasteiger partial charge in [0.15, 0.2) is 0 Å². The maximum atomic E-state index is 13.0. The lowest BCUT2D eigenvalue weighted by Gasteiger charge is -2.21. The van der Waals surface area contributed by atoms with E-state index in [1.54, 1.807) is 29.2 Å². The molecule has 0 saturated carbocycles. The fourth-order valence-corrected chi connectivity index (χ4v) is 11.0. The number of nitrogens with zero attached hydrogens (tertiary/aromatic N) is 1. The molecule has 4 aliphatic heterocycles. The molecule has 5 rings (SSSR count). The van der Waals surface area contributed by atoms with Gasteiger partial charge in [0.1, 0.15) is 0 Å². The van der Waals surface area contributed by atoms with Crippen LogP contribution in [-0.4, -0.2) is 139 Å². The number of hydrogen-bond acceptors (Lipinski definition) is 11. The van der Waals surface area contributed by atoms with E-state index >= 15 is 0 Å². The molecule has 6 atom stereocenters. The van der Waals surface area contributed by atoms with E-state index in [1.807, 2.05) is 23.5 Å². The summed E-state index contributed by atoms with van der Waals surface area (Å²) in [6.45, 7) is 2.22. The van der Waals surface area contributed by atoms with E-state index in [0.29, 0.717) is 87.3 Å². The van der Waals surface area contributed by atoms with Crippen LogP contribution >= 0.6 is 23.5 Å². The predicted molar refractivity (Wildman–Crippen MR) is 231 cm³/mol. The summed E-state index contributed by atoms with van der Waals surface area (Å²) in [6, 6.07) is 7.45. The SMILES string of the molecule is COC(=O)c1ccc(CN(CC(=O)NCCCCNC(=O)CCCC[C@@H]2SC[C@@H]3NC(=O)N[C@@H]32)CC(=O)NCCCCNC(=O)CCCC[C@@H]2SC[C@@H]3NC(=O)N[C@@H]32)cc1. The number of benzene rings is 1. The van der Waals surface area contributed by atoms with Crippen LogP contribution in [0.3, 0.4) is 0 Å². The number of methoxy groups -OCH3 is 1. The van der Waals surface area contributed by atoms with Gasteiger partial charge in [-0.3, -0.25) is 24.1 Å². The van der Waals surface area contributed by atoms with Gasteiger partial charge in [0, 0.05) is 67.6 Å². The Morgan fingerprint density at radius 3 is 1.48 bits per heavy atom. The van der Waals surface area contributed by atoms with Gasteiger partial charge in [0.05, 0.1) is 49.9 Å². The third-order valence-corrected chi connectivity index (χ3v) is 14.2. The van der Waals surface area contributed by atoms with Crippen molar-refractivity contribution < 1.29 is 38.3 Å². The molecule has 0 bridgehead atoms. The van der Waals surface area contributed by atoms with Crippen molar-refractivity contribution >= 4 is 65.2 Å². The van der Waals surface area contributed by atoms with Crippen LogP contribution in [0.5, 0.6) is 0 Å². The van der Waals surface area contributed by atoms with Gasteiger partial charge in [-0.2, -0.15) is 23.5 Å². The second kappa shape index (κ2) is 24.9. The van der Waals surface area contributed by atoms with Crippen LogP contribution in [0.4, 0.5) is 9.59 Å². The molecule has 332 valence electrons. The monoisotopic (exact) mass is 873 g/mol. The number of urea groups is 2. The van der Waals surface area contributed by atoms with Gasteiger partial charge in [0.25, 0.3) is 0 Å². The van der Waals surface area contributed by atoms with Crippen LogP contribution in [0.2, 0.25) is 0 Å². The van der Waals surface area contributed by atoms with E-state index in [2.05, 4.69) is 42.5 Å². The van der Waals surface area contributed by atoms with Gasteiger partial charge < -0.3 is 47.3 Å². The summed E-state index contributed by atoms with van der Waals surface area (Å²) < 4.78 is 4.79. The van der Waals surface area contributed by atoms with Crippen molar-refractivity contribution in [2.75, 3.05) is 57.9 Å². The summed E-state index contributed by atoms with van der Waals surface area (Å²) >= 11 is 3.76. The van der Waals surface area contributed by atoms with Crippen LogP contribution in [0.1, 0.15) is 93.0 Å². The first-order chi connectivity index (χ1) is 29.1. The number of esters is 1.